The van der Waals surface area contributed by atoms with Gasteiger partial charge < -0.3 is 5.32 Å². The van der Waals surface area contributed by atoms with Crippen molar-refractivity contribution >= 4 is 39.1 Å². The smallest absolute Gasteiger partial charge is 0.252 e. The maximum atomic E-state index is 12.3. The Labute approximate surface area is 156 Å². The molecule has 0 unspecified atom stereocenters. The summed E-state index contributed by atoms with van der Waals surface area (Å²) in [5, 5.41) is 2.87. The van der Waals surface area contributed by atoms with Crippen molar-refractivity contribution in [1.82, 2.24) is 5.32 Å². The van der Waals surface area contributed by atoms with E-state index in [4.69, 9.17) is 11.6 Å². The Morgan fingerprint density at radius 2 is 1.88 bits per heavy atom. The summed E-state index contributed by atoms with van der Waals surface area (Å²) in [7, 11) is -3.66. The highest BCUT2D eigenvalue weighted by Crippen LogP contribution is 2.29. The van der Waals surface area contributed by atoms with Gasteiger partial charge in [-0.15, -0.1) is 0 Å². The lowest BCUT2D eigenvalue weighted by Gasteiger charge is -2.16. The molecule has 1 N–H and O–H groups in total. The van der Waals surface area contributed by atoms with Gasteiger partial charge in [0.25, 0.3) is 5.91 Å². The number of benzene rings is 2. The van der Waals surface area contributed by atoms with E-state index in [-0.39, 0.29) is 34.4 Å². The van der Waals surface area contributed by atoms with Crippen molar-refractivity contribution in [2.45, 2.75) is 12.8 Å². The fraction of sp³-hybridized carbons (Fsp3) is 0.222. The molecule has 2 aromatic carbocycles. The number of hydrogen-bond donors (Lipinski definition) is 1. The van der Waals surface area contributed by atoms with Crippen molar-refractivity contribution in [3.8, 4) is 0 Å². The minimum atomic E-state index is -3.66. The van der Waals surface area contributed by atoms with Crippen LogP contribution in [0.25, 0.3) is 0 Å². The Morgan fingerprint density at radius 1 is 1.15 bits per heavy atom. The molecule has 1 fully saturated rings. The molecule has 3 rings (SSSR count). The second-order valence-electron chi connectivity index (χ2n) is 5.88. The van der Waals surface area contributed by atoms with Crippen LogP contribution < -0.4 is 9.62 Å². The van der Waals surface area contributed by atoms with E-state index in [1.165, 1.54) is 18.2 Å². The normalized spacial score (nSPS) is 15.9. The van der Waals surface area contributed by atoms with Crippen LogP contribution >= 0.6 is 11.6 Å². The first kappa shape index (κ1) is 18.4. The fourth-order valence-corrected chi connectivity index (χ4v) is 4.46. The summed E-state index contributed by atoms with van der Waals surface area (Å²) in [5.41, 5.74) is 1.48. The molecule has 0 radical (unpaired) electrons. The Hall–Kier alpha value is -2.38. The number of halogens is 1. The zero-order valence-electron chi connectivity index (χ0n) is 13.8. The van der Waals surface area contributed by atoms with Crippen molar-refractivity contribution in [3.63, 3.8) is 0 Å². The van der Waals surface area contributed by atoms with Crippen LogP contribution in [0, 0.1) is 0 Å². The largest absolute Gasteiger partial charge is 0.352 e. The van der Waals surface area contributed by atoms with Crippen LogP contribution in [0.4, 0.5) is 5.69 Å². The van der Waals surface area contributed by atoms with Crippen molar-refractivity contribution in [1.29, 1.82) is 0 Å². The minimum absolute atomic E-state index is 0.0539. The molecule has 1 heterocycles. The van der Waals surface area contributed by atoms with Crippen molar-refractivity contribution in [2.24, 2.45) is 0 Å². The summed E-state index contributed by atoms with van der Waals surface area (Å²) in [6.45, 7) is 0.444. The molecule has 1 saturated heterocycles. The second kappa shape index (κ2) is 7.47. The van der Waals surface area contributed by atoms with Gasteiger partial charge in [-0.3, -0.25) is 9.59 Å². The quantitative estimate of drug-likeness (QED) is 0.846. The monoisotopic (exact) mass is 392 g/mol. The maximum Gasteiger partial charge on any atom is 0.252 e. The van der Waals surface area contributed by atoms with Crippen LogP contribution in [0.15, 0.2) is 48.5 Å². The summed E-state index contributed by atoms with van der Waals surface area (Å²) >= 11 is 6.15. The molecule has 8 heteroatoms. The van der Waals surface area contributed by atoms with Gasteiger partial charge in [-0.05, 0) is 30.2 Å². The maximum absolute atomic E-state index is 12.3. The number of rotatable bonds is 5. The van der Waals surface area contributed by atoms with E-state index in [1.54, 1.807) is 0 Å². The van der Waals surface area contributed by atoms with Gasteiger partial charge in [-0.1, -0.05) is 41.9 Å². The van der Waals surface area contributed by atoms with Gasteiger partial charge in [0, 0.05) is 13.0 Å². The Balaban J connectivity index is 1.69. The van der Waals surface area contributed by atoms with Crippen LogP contribution in [0.5, 0.6) is 0 Å². The lowest BCUT2D eigenvalue weighted by atomic mass is 10.1. The molecule has 0 saturated carbocycles. The third-order valence-corrected chi connectivity index (χ3v) is 6.06. The van der Waals surface area contributed by atoms with Gasteiger partial charge in [0.2, 0.25) is 15.9 Å². The summed E-state index contributed by atoms with van der Waals surface area (Å²) in [5.74, 6) is -1.07. The predicted molar refractivity (Wildman–Crippen MR) is 99.8 cm³/mol. The van der Waals surface area contributed by atoms with Gasteiger partial charge in [-0.2, -0.15) is 0 Å². The fourth-order valence-electron chi connectivity index (χ4n) is 2.74. The van der Waals surface area contributed by atoms with Crippen LogP contribution in [-0.4, -0.2) is 32.5 Å². The SMILES string of the molecule is O=C(NCCc1ccccc1)c1ccc(N2C(=O)CCS2(=O)=O)cc1Cl. The number of carbonyl (C=O) groups is 2. The van der Waals surface area contributed by atoms with Gasteiger partial charge >= 0.3 is 0 Å². The van der Waals surface area contributed by atoms with E-state index in [1.807, 2.05) is 30.3 Å². The van der Waals surface area contributed by atoms with E-state index in [9.17, 15) is 18.0 Å². The first-order valence-corrected chi connectivity index (χ1v) is 10.0. The van der Waals surface area contributed by atoms with Gasteiger partial charge in [0.05, 0.1) is 22.0 Å². The Kier molecular flexibility index (Phi) is 5.29. The highest BCUT2D eigenvalue weighted by atomic mass is 35.5. The van der Waals surface area contributed by atoms with Crippen LogP contribution in [0.1, 0.15) is 22.3 Å². The van der Waals surface area contributed by atoms with E-state index in [0.29, 0.717) is 13.0 Å². The molecule has 2 aromatic rings. The van der Waals surface area contributed by atoms with Crippen molar-refractivity contribution < 1.29 is 18.0 Å². The number of amides is 2. The van der Waals surface area contributed by atoms with E-state index >= 15 is 0 Å². The molecule has 0 aromatic heterocycles. The molecular formula is C18H17ClN2O4S. The highest BCUT2D eigenvalue weighted by Gasteiger charge is 2.36. The van der Waals surface area contributed by atoms with Gasteiger partial charge in [0.1, 0.15) is 0 Å². The summed E-state index contributed by atoms with van der Waals surface area (Å²) in [4.78, 5) is 24.1. The second-order valence-corrected chi connectivity index (χ2v) is 8.22. The van der Waals surface area contributed by atoms with Crippen LogP contribution in [-0.2, 0) is 21.2 Å². The number of carbonyl (C=O) groups excluding carboxylic acids is 2. The third kappa shape index (κ3) is 3.89. The first-order chi connectivity index (χ1) is 12.4. The number of hydrogen-bond acceptors (Lipinski definition) is 4. The van der Waals surface area contributed by atoms with Crippen molar-refractivity contribution in [2.75, 3.05) is 16.6 Å². The molecule has 6 nitrogen and oxygen atoms in total. The van der Waals surface area contributed by atoms with Crippen LogP contribution in [0.3, 0.4) is 0 Å². The summed E-state index contributed by atoms with van der Waals surface area (Å²) in [6, 6.07) is 13.9. The lowest BCUT2D eigenvalue weighted by Crippen LogP contribution is -2.29. The highest BCUT2D eigenvalue weighted by molar-refractivity contribution is 7.94. The van der Waals surface area contributed by atoms with E-state index in [2.05, 4.69) is 5.32 Å². The van der Waals surface area contributed by atoms with Gasteiger partial charge in [0.15, 0.2) is 0 Å². The standard InChI is InChI=1S/C18H17ClN2O4S/c19-16-12-14(21-17(22)9-11-26(21,24)25)6-7-15(16)18(23)20-10-8-13-4-2-1-3-5-13/h1-7,12H,8-11H2,(H,20,23). The number of nitrogens with zero attached hydrogens (tertiary/aromatic N) is 1. The Morgan fingerprint density at radius 3 is 2.50 bits per heavy atom. The van der Waals surface area contributed by atoms with E-state index in [0.717, 1.165) is 9.87 Å². The zero-order chi connectivity index (χ0) is 18.7. The minimum Gasteiger partial charge on any atom is -0.352 e. The zero-order valence-corrected chi connectivity index (χ0v) is 15.4. The molecule has 0 atom stereocenters. The average molecular weight is 393 g/mol. The topological polar surface area (TPSA) is 83.6 Å². The molecule has 2 amide bonds. The summed E-state index contributed by atoms with van der Waals surface area (Å²) in [6.07, 6.45) is 0.629. The molecule has 1 aliphatic heterocycles. The third-order valence-electron chi connectivity index (χ3n) is 4.05. The van der Waals surface area contributed by atoms with Crippen LogP contribution in [0.2, 0.25) is 5.02 Å². The predicted octanol–water partition coefficient (Wildman–Crippen LogP) is 2.38. The molecule has 0 bridgehead atoms. The number of sulfonamides is 1. The summed E-state index contributed by atoms with van der Waals surface area (Å²) < 4.78 is 24.7. The van der Waals surface area contributed by atoms with E-state index < -0.39 is 15.9 Å². The number of anilines is 1. The molecule has 136 valence electrons. The average Bonchev–Trinajstić information content (AvgIpc) is 2.88. The molecule has 26 heavy (non-hydrogen) atoms. The number of nitrogens with one attached hydrogen (secondary N) is 1. The lowest BCUT2D eigenvalue weighted by molar-refractivity contribution is -0.116. The molecule has 0 spiro atoms. The Bertz CT molecular complexity index is 945. The first-order valence-electron chi connectivity index (χ1n) is 8.06. The van der Waals surface area contributed by atoms with Crippen molar-refractivity contribution in [3.05, 3.63) is 64.7 Å². The van der Waals surface area contributed by atoms with Gasteiger partial charge in [-0.25, -0.2) is 12.7 Å². The molecule has 0 aliphatic carbocycles. The molecular weight excluding hydrogens is 376 g/mol. The molecule has 1 aliphatic rings.